The van der Waals surface area contributed by atoms with Crippen LogP contribution < -0.4 is 5.32 Å². The fourth-order valence-corrected chi connectivity index (χ4v) is 2.37. The van der Waals surface area contributed by atoms with E-state index in [1.165, 1.54) is 0 Å². The Morgan fingerprint density at radius 1 is 1.56 bits per heavy atom. The third-order valence-electron chi connectivity index (χ3n) is 3.36. The molecule has 0 saturated carbocycles. The van der Waals surface area contributed by atoms with Crippen molar-refractivity contribution in [3.63, 3.8) is 0 Å². The molecular formula is C12H20N4O2. The molecule has 1 aliphatic heterocycles. The van der Waals surface area contributed by atoms with Crippen molar-refractivity contribution >= 4 is 5.97 Å². The van der Waals surface area contributed by atoms with Gasteiger partial charge >= 0.3 is 5.97 Å². The smallest absolute Gasteiger partial charge is 0.378 e. The zero-order valence-corrected chi connectivity index (χ0v) is 11.1. The van der Waals surface area contributed by atoms with Gasteiger partial charge in [-0.1, -0.05) is 13.8 Å². The van der Waals surface area contributed by atoms with Gasteiger partial charge in [-0.25, -0.2) is 9.78 Å². The van der Waals surface area contributed by atoms with Crippen LogP contribution >= 0.6 is 0 Å². The van der Waals surface area contributed by atoms with Gasteiger partial charge in [-0.05, 0) is 31.7 Å². The Bertz CT molecular complexity index is 427. The molecule has 1 aromatic rings. The highest BCUT2D eigenvalue weighted by molar-refractivity contribution is 5.84. The lowest BCUT2D eigenvalue weighted by Gasteiger charge is -2.37. The van der Waals surface area contributed by atoms with E-state index in [0.717, 1.165) is 19.4 Å². The van der Waals surface area contributed by atoms with E-state index in [9.17, 15) is 4.79 Å². The first kappa shape index (κ1) is 13.0. The zero-order valence-electron chi connectivity index (χ0n) is 11.1. The van der Waals surface area contributed by atoms with Gasteiger partial charge in [-0.3, -0.25) is 5.10 Å². The number of carbonyl (C=O) groups is 1. The Morgan fingerprint density at radius 3 is 3.00 bits per heavy atom. The van der Waals surface area contributed by atoms with Crippen LogP contribution in [0.25, 0.3) is 0 Å². The van der Waals surface area contributed by atoms with Crippen LogP contribution in [0.1, 0.15) is 56.1 Å². The summed E-state index contributed by atoms with van der Waals surface area (Å²) in [6, 6.07) is 0.0990. The van der Waals surface area contributed by atoms with E-state index in [4.69, 9.17) is 4.74 Å². The van der Waals surface area contributed by atoms with E-state index in [2.05, 4.69) is 34.3 Å². The first-order valence-electron chi connectivity index (χ1n) is 6.37. The molecule has 1 atom stereocenters. The molecule has 6 nitrogen and oxygen atoms in total. The van der Waals surface area contributed by atoms with Crippen molar-refractivity contribution in [1.29, 1.82) is 0 Å². The summed E-state index contributed by atoms with van der Waals surface area (Å²) < 4.78 is 4.88. The van der Waals surface area contributed by atoms with Crippen LogP contribution in [0, 0.1) is 5.41 Å². The summed E-state index contributed by atoms with van der Waals surface area (Å²) in [5, 5.41) is 10.2. The molecule has 0 aliphatic carbocycles. The maximum absolute atomic E-state index is 11.5. The number of aromatic amines is 1. The minimum Gasteiger partial charge on any atom is -0.460 e. The van der Waals surface area contributed by atoms with Crippen molar-refractivity contribution in [3.05, 3.63) is 11.6 Å². The largest absolute Gasteiger partial charge is 0.460 e. The van der Waals surface area contributed by atoms with Gasteiger partial charge in [0.2, 0.25) is 0 Å². The van der Waals surface area contributed by atoms with Crippen molar-refractivity contribution in [2.24, 2.45) is 5.41 Å². The molecule has 1 unspecified atom stereocenters. The van der Waals surface area contributed by atoms with Crippen molar-refractivity contribution in [2.45, 2.75) is 39.7 Å². The third kappa shape index (κ3) is 2.53. The van der Waals surface area contributed by atoms with Crippen molar-refractivity contribution in [3.8, 4) is 0 Å². The van der Waals surface area contributed by atoms with Crippen LogP contribution in [-0.2, 0) is 4.74 Å². The molecule has 0 aromatic carbocycles. The molecule has 0 radical (unpaired) electrons. The van der Waals surface area contributed by atoms with Gasteiger partial charge in [0.1, 0.15) is 5.82 Å². The summed E-state index contributed by atoms with van der Waals surface area (Å²) in [4.78, 5) is 15.8. The number of rotatable bonds is 3. The Hall–Kier alpha value is -1.43. The average molecular weight is 252 g/mol. The maximum Gasteiger partial charge on any atom is 0.378 e. The van der Waals surface area contributed by atoms with Crippen LogP contribution in [0.2, 0.25) is 0 Å². The number of aromatic nitrogens is 3. The minimum atomic E-state index is -0.478. The van der Waals surface area contributed by atoms with Crippen LogP contribution in [0.4, 0.5) is 0 Å². The van der Waals surface area contributed by atoms with E-state index in [0.29, 0.717) is 12.4 Å². The molecule has 100 valence electrons. The minimum absolute atomic E-state index is 0.0990. The van der Waals surface area contributed by atoms with Crippen LogP contribution in [0.15, 0.2) is 0 Å². The highest BCUT2D eigenvalue weighted by Crippen LogP contribution is 2.38. The molecule has 2 heterocycles. The summed E-state index contributed by atoms with van der Waals surface area (Å²) in [5.41, 5.74) is 0.101. The number of piperidine rings is 1. The third-order valence-corrected chi connectivity index (χ3v) is 3.36. The molecule has 1 fully saturated rings. The van der Waals surface area contributed by atoms with E-state index in [-0.39, 0.29) is 17.3 Å². The van der Waals surface area contributed by atoms with Crippen molar-refractivity contribution in [2.75, 3.05) is 13.2 Å². The summed E-state index contributed by atoms with van der Waals surface area (Å²) in [5.74, 6) is 0.339. The molecule has 0 amide bonds. The van der Waals surface area contributed by atoms with E-state index >= 15 is 0 Å². The highest BCUT2D eigenvalue weighted by Gasteiger charge is 2.35. The topological polar surface area (TPSA) is 79.9 Å². The van der Waals surface area contributed by atoms with Gasteiger partial charge in [0.25, 0.3) is 5.82 Å². The van der Waals surface area contributed by atoms with Gasteiger partial charge in [0.05, 0.1) is 12.6 Å². The van der Waals surface area contributed by atoms with Crippen LogP contribution in [-0.4, -0.2) is 34.3 Å². The SMILES string of the molecule is CCOC(=O)c1n[nH]c(C2NCCCC2(C)C)n1. The van der Waals surface area contributed by atoms with Crippen LogP contribution in [0.5, 0.6) is 0 Å². The molecule has 6 heteroatoms. The number of nitrogens with zero attached hydrogens (tertiary/aromatic N) is 2. The second-order valence-electron chi connectivity index (χ2n) is 5.24. The Kier molecular flexibility index (Phi) is 3.65. The summed E-state index contributed by atoms with van der Waals surface area (Å²) in [7, 11) is 0. The molecule has 0 bridgehead atoms. The average Bonchev–Trinajstić information content (AvgIpc) is 2.78. The molecule has 1 saturated heterocycles. The van der Waals surface area contributed by atoms with Gasteiger partial charge in [0, 0.05) is 0 Å². The molecule has 18 heavy (non-hydrogen) atoms. The standard InChI is InChI=1S/C12H20N4O2/c1-4-18-11(17)10-14-9(15-16-10)8-12(2,3)6-5-7-13-8/h8,13H,4-7H2,1-3H3,(H,14,15,16). The lowest BCUT2D eigenvalue weighted by molar-refractivity contribution is 0.0512. The molecule has 2 N–H and O–H groups in total. The van der Waals surface area contributed by atoms with Gasteiger partial charge < -0.3 is 10.1 Å². The summed E-state index contributed by atoms with van der Waals surface area (Å²) >= 11 is 0. The monoisotopic (exact) mass is 252 g/mol. The highest BCUT2D eigenvalue weighted by atomic mass is 16.5. The second-order valence-corrected chi connectivity index (χ2v) is 5.24. The van der Waals surface area contributed by atoms with E-state index < -0.39 is 5.97 Å². The Balaban J connectivity index is 2.16. The van der Waals surface area contributed by atoms with Gasteiger partial charge in [-0.2, -0.15) is 0 Å². The van der Waals surface area contributed by atoms with Gasteiger partial charge in [0.15, 0.2) is 0 Å². The van der Waals surface area contributed by atoms with Crippen LogP contribution in [0.3, 0.4) is 0 Å². The predicted molar refractivity (Wildman–Crippen MR) is 66.1 cm³/mol. The summed E-state index contributed by atoms with van der Waals surface area (Å²) in [6.45, 7) is 7.43. The first-order valence-corrected chi connectivity index (χ1v) is 6.37. The fourth-order valence-electron chi connectivity index (χ4n) is 2.37. The predicted octanol–water partition coefficient (Wildman–Crippen LogP) is 1.43. The fraction of sp³-hybridized carbons (Fsp3) is 0.750. The van der Waals surface area contributed by atoms with Gasteiger partial charge in [-0.15, -0.1) is 5.10 Å². The first-order chi connectivity index (χ1) is 8.54. The number of nitrogens with one attached hydrogen (secondary N) is 2. The second kappa shape index (κ2) is 5.06. The number of esters is 1. The molecule has 1 aliphatic rings. The summed E-state index contributed by atoms with van der Waals surface area (Å²) in [6.07, 6.45) is 2.28. The van der Waals surface area contributed by atoms with Crippen molar-refractivity contribution in [1.82, 2.24) is 20.5 Å². The van der Waals surface area contributed by atoms with Crippen molar-refractivity contribution < 1.29 is 9.53 Å². The number of carbonyl (C=O) groups excluding carboxylic acids is 1. The quantitative estimate of drug-likeness (QED) is 0.795. The molecule has 0 spiro atoms. The normalized spacial score (nSPS) is 22.7. The number of ether oxygens (including phenoxy) is 1. The lowest BCUT2D eigenvalue weighted by Crippen LogP contribution is -2.40. The Labute approximate surface area is 107 Å². The van der Waals surface area contributed by atoms with E-state index in [1.54, 1.807) is 6.92 Å². The maximum atomic E-state index is 11.5. The number of hydrogen-bond donors (Lipinski definition) is 2. The number of H-pyrrole nitrogens is 1. The molecular weight excluding hydrogens is 232 g/mol. The lowest BCUT2D eigenvalue weighted by atomic mass is 9.77. The zero-order chi connectivity index (χ0) is 13.2. The van der Waals surface area contributed by atoms with E-state index in [1.807, 2.05) is 0 Å². The molecule has 2 rings (SSSR count). The Morgan fingerprint density at radius 2 is 2.33 bits per heavy atom. The number of hydrogen-bond acceptors (Lipinski definition) is 5. The molecule has 1 aromatic heterocycles.